The maximum Gasteiger partial charge on any atom is 0.325 e. The molecule has 0 aliphatic heterocycles. The number of hydrogen-bond donors (Lipinski definition) is 0. The highest BCUT2D eigenvalue weighted by Gasteiger charge is 2.15. The number of methoxy groups -OCH3 is 1. The van der Waals surface area contributed by atoms with E-state index in [1.165, 1.54) is 36.3 Å². The van der Waals surface area contributed by atoms with Gasteiger partial charge in [0.25, 0.3) is 0 Å². The predicted molar refractivity (Wildman–Crippen MR) is 75.4 cm³/mol. The zero-order chi connectivity index (χ0) is 15.7. The fraction of sp³-hybridized carbons (Fsp3) is 0.467. The second-order valence-electron chi connectivity index (χ2n) is 4.39. The number of carbonyl (C=O) groups excluding carboxylic acids is 2. The summed E-state index contributed by atoms with van der Waals surface area (Å²) in [7, 11) is 1.29. The number of benzene rings is 1. The largest absolute Gasteiger partial charge is 0.494 e. The molecule has 0 atom stereocenters. The number of ether oxygens (including phenoxy) is 2. The number of halogens is 1. The number of hydrogen-bond acceptors (Lipinski definition) is 4. The molecule has 6 heteroatoms. The van der Waals surface area contributed by atoms with E-state index in [-0.39, 0.29) is 24.7 Å². The summed E-state index contributed by atoms with van der Waals surface area (Å²) in [4.78, 5) is 24.5. The van der Waals surface area contributed by atoms with Gasteiger partial charge in [-0.1, -0.05) is 0 Å². The van der Waals surface area contributed by atoms with E-state index in [1.807, 2.05) is 0 Å². The molecule has 0 aliphatic carbocycles. The number of rotatable bonds is 8. The van der Waals surface area contributed by atoms with Gasteiger partial charge in [0.2, 0.25) is 5.91 Å². The fourth-order valence-corrected chi connectivity index (χ4v) is 1.70. The van der Waals surface area contributed by atoms with Gasteiger partial charge >= 0.3 is 5.97 Å². The summed E-state index contributed by atoms with van der Waals surface area (Å²) in [5.41, 5.74) is 0. The van der Waals surface area contributed by atoms with Gasteiger partial charge < -0.3 is 14.4 Å². The first kappa shape index (κ1) is 16.9. The van der Waals surface area contributed by atoms with Gasteiger partial charge in [0, 0.05) is 13.0 Å². The van der Waals surface area contributed by atoms with Crippen molar-refractivity contribution in [2.24, 2.45) is 0 Å². The highest BCUT2D eigenvalue weighted by molar-refractivity contribution is 5.81. The van der Waals surface area contributed by atoms with Gasteiger partial charge in [-0.25, -0.2) is 4.39 Å². The molecule has 0 radical (unpaired) electrons. The predicted octanol–water partition coefficient (Wildman–Crippen LogP) is 2.01. The van der Waals surface area contributed by atoms with Crippen LogP contribution in [0.2, 0.25) is 0 Å². The fourth-order valence-electron chi connectivity index (χ4n) is 1.70. The minimum absolute atomic E-state index is 0.0371. The Morgan fingerprint density at radius 1 is 1.24 bits per heavy atom. The molecular formula is C15H20FNO4. The quantitative estimate of drug-likeness (QED) is 0.544. The normalized spacial score (nSPS) is 10.0. The summed E-state index contributed by atoms with van der Waals surface area (Å²) in [6.45, 7) is 2.57. The van der Waals surface area contributed by atoms with E-state index in [0.717, 1.165) is 0 Å². The Balaban J connectivity index is 2.28. The maximum atomic E-state index is 12.7. The first-order valence-corrected chi connectivity index (χ1v) is 6.79. The Bertz CT molecular complexity index is 461. The molecule has 1 aromatic rings. The Morgan fingerprint density at radius 2 is 1.90 bits per heavy atom. The smallest absolute Gasteiger partial charge is 0.325 e. The third-order valence-electron chi connectivity index (χ3n) is 2.90. The van der Waals surface area contributed by atoms with Crippen molar-refractivity contribution in [2.75, 3.05) is 26.8 Å². The molecule has 0 unspecified atom stereocenters. The van der Waals surface area contributed by atoms with Crippen LogP contribution < -0.4 is 4.74 Å². The second kappa shape index (κ2) is 8.94. The molecule has 0 saturated carbocycles. The summed E-state index contributed by atoms with van der Waals surface area (Å²) in [6.07, 6.45) is 0.805. The van der Waals surface area contributed by atoms with Crippen LogP contribution in [0.5, 0.6) is 5.75 Å². The molecule has 0 bridgehead atoms. The molecule has 0 saturated heterocycles. The molecule has 0 spiro atoms. The van der Waals surface area contributed by atoms with Crippen molar-refractivity contribution in [3.63, 3.8) is 0 Å². The van der Waals surface area contributed by atoms with Crippen LogP contribution in [0.15, 0.2) is 24.3 Å². The van der Waals surface area contributed by atoms with Gasteiger partial charge in [-0.15, -0.1) is 0 Å². The number of carbonyl (C=O) groups is 2. The van der Waals surface area contributed by atoms with Gasteiger partial charge in [0.15, 0.2) is 0 Å². The average Bonchev–Trinajstić information content (AvgIpc) is 2.50. The van der Waals surface area contributed by atoms with Gasteiger partial charge in [-0.3, -0.25) is 9.59 Å². The summed E-state index contributed by atoms with van der Waals surface area (Å²) in [5.74, 6) is -0.317. The minimum Gasteiger partial charge on any atom is -0.494 e. The van der Waals surface area contributed by atoms with Gasteiger partial charge in [0.1, 0.15) is 18.1 Å². The van der Waals surface area contributed by atoms with E-state index in [9.17, 15) is 14.0 Å². The zero-order valence-electron chi connectivity index (χ0n) is 12.3. The SMILES string of the molecule is CCN(CC(=O)OC)C(=O)CCCOc1ccc(F)cc1. The molecule has 1 amide bonds. The van der Waals surface area contributed by atoms with Crippen molar-refractivity contribution < 1.29 is 23.5 Å². The molecule has 0 fully saturated rings. The van der Waals surface area contributed by atoms with E-state index in [1.54, 1.807) is 6.92 Å². The summed E-state index contributed by atoms with van der Waals surface area (Å²) in [5, 5.41) is 0. The van der Waals surface area contributed by atoms with E-state index in [4.69, 9.17) is 4.74 Å². The molecule has 21 heavy (non-hydrogen) atoms. The molecule has 1 aromatic carbocycles. The molecule has 0 heterocycles. The number of nitrogens with zero attached hydrogens (tertiary/aromatic N) is 1. The monoisotopic (exact) mass is 297 g/mol. The first-order valence-electron chi connectivity index (χ1n) is 6.79. The summed E-state index contributed by atoms with van der Waals surface area (Å²) >= 11 is 0. The van der Waals surface area contributed by atoms with E-state index in [2.05, 4.69) is 4.74 Å². The molecule has 5 nitrogen and oxygen atoms in total. The Hall–Kier alpha value is -2.11. The molecule has 0 aromatic heterocycles. The van der Waals surface area contributed by atoms with E-state index < -0.39 is 5.97 Å². The average molecular weight is 297 g/mol. The van der Waals surface area contributed by atoms with Gasteiger partial charge in [-0.05, 0) is 37.6 Å². The Kier molecular flexibility index (Phi) is 7.21. The van der Waals surface area contributed by atoms with Gasteiger partial charge in [0.05, 0.1) is 13.7 Å². The van der Waals surface area contributed by atoms with Crippen molar-refractivity contribution in [2.45, 2.75) is 19.8 Å². The zero-order valence-corrected chi connectivity index (χ0v) is 12.3. The minimum atomic E-state index is -0.437. The lowest BCUT2D eigenvalue weighted by Crippen LogP contribution is -2.36. The van der Waals surface area contributed by atoms with Crippen LogP contribution in [-0.4, -0.2) is 43.6 Å². The highest BCUT2D eigenvalue weighted by atomic mass is 19.1. The lowest BCUT2D eigenvalue weighted by atomic mass is 10.2. The van der Waals surface area contributed by atoms with Crippen LogP contribution in [0.1, 0.15) is 19.8 Å². The van der Waals surface area contributed by atoms with Crippen molar-refractivity contribution in [1.29, 1.82) is 0 Å². The standard InChI is InChI=1S/C15H20FNO4/c1-3-17(11-15(19)20-2)14(18)5-4-10-21-13-8-6-12(16)7-9-13/h6-9H,3-5,10-11H2,1-2H3. The second-order valence-corrected chi connectivity index (χ2v) is 4.39. The van der Waals surface area contributed by atoms with Crippen molar-refractivity contribution in [3.8, 4) is 5.75 Å². The molecule has 0 aliphatic rings. The highest BCUT2D eigenvalue weighted by Crippen LogP contribution is 2.11. The van der Waals surface area contributed by atoms with E-state index >= 15 is 0 Å². The first-order chi connectivity index (χ1) is 10.1. The lowest BCUT2D eigenvalue weighted by Gasteiger charge is -2.19. The number of likely N-dealkylation sites (N-methyl/N-ethyl adjacent to an activating group) is 1. The molecule has 1 rings (SSSR count). The van der Waals surface area contributed by atoms with Crippen LogP contribution in [0.25, 0.3) is 0 Å². The number of esters is 1. The number of amides is 1. The van der Waals surface area contributed by atoms with Crippen LogP contribution in [0.3, 0.4) is 0 Å². The molecule has 116 valence electrons. The van der Waals surface area contributed by atoms with E-state index in [0.29, 0.717) is 25.3 Å². The Labute approximate surface area is 123 Å². The third-order valence-corrected chi connectivity index (χ3v) is 2.90. The third kappa shape index (κ3) is 6.25. The van der Waals surface area contributed by atoms with Crippen LogP contribution in [0, 0.1) is 5.82 Å². The lowest BCUT2D eigenvalue weighted by molar-refractivity contribution is -0.146. The van der Waals surface area contributed by atoms with Gasteiger partial charge in [-0.2, -0.15) is 0 Å². The van der Waals surface area contributed by atoms with Crippen LogP contribution in [-0.2, 0) is 14.3 Å². The maximum absolute atomic E-state index is 12.7. The molecule has 0 N–H and O–H groups in total. The summed E-state index contributed by atoms with van der Waals surface area (Å²) in [6, 6.07) is 5.70. The Morgan fingerprint density at radius 3 is 2.48 bits per heavy atom. The van der Waals surface area contributed by atoms with Crippen molar-refractivity contribution in [1.82, 2.24) is 4.90 Å². The summed E-state index contributed by atoms with van der Waals surface area (Å²) < 4.78 is 22.6. The molecular weight excluding hydrogens is 277 g/mol. The van der Waals surface area contributed by atoms with Crippen LogP contribution in [0.4, 0.5) is 4.39 Å². The van der Waals surface area contributed by atoms with Crippen LogP contribution >= 0.6 is 0 Å². The topological polar surface area (TPSA) is 55.8 Å². The van der Waals surface area contributed by atoms with Crippen molar-refractivity contribution in [3.05, 3.63) is 30.1 Å². The van der Waals surface area contributed by atoms with Crippen molar-refractivity contribution >= 4 is 11.9 Å².